The van der Waals surface area contributed by atoms with E-state index in [1.54, 1.807) is 12.1 Å². The van der Waals surface area contributed by atoms with Crippen LogP contribution in [0.15, 0.2) is 24.3 Å². The predicted molar refractivity (Wildman–Crippen MR) is 79.7 cm³/mol. The molecular weight excluding hydrogens is 239 g/mol. The third-order valence-corrected chi connectivity index (χ3v) is 4.50. The Labute approximate surface area is 116 Å². The van der Waals surface area contributed by atoms with Crippen molar-refractivity contribution in [2.75, 3.05) is 13.6 Å². The largest absolute Gasteiger partial charge is 0.329 e. The average Bonchev–Trinajstić information content (AvgIpc) is 2.37. The Morgan fingerprint density at radius 3 is 2.37 bits per heavy atom. The van der Waals surface area contributed by atoms with Gasteiger partial charge in [0.05, 0.1) is 0 Å². The van der Waals surface area contributed by atoms with Gasteiger partial charge in [-0.2, -0.15) is 0 Å². The molecule has 1 unspecified atom stereocenters. The van der Waals surface area contributed by atoms with Crippen LogP contribution in [0.25, 0.3) is 0 Å². The minimum Gasteiger partial charge on any atom is -0.329 e. The molecule has 3 heteroatoms. The van der Waals surface area contributed by atoms with Crippen molar-refractivity contribution in [3.63, 3.8) is 0 Å². The molecule has 0 aliphatic heterocycles. The smallest absolute Gasteiger partial charge is 0.123 e. The van der Waals surface area contributed by atoms with Gasteiger partial charge in [0.1, 0.15) is 5.82 Å². The Balaban J connectivity index is 2.98. The molecule has 1 atom stereocenters. The molecule has 1 rings (SSSR count). The van der Waals surface area contributed by atoms with E-state index in [0.29, 0.717) is 6.54 Å². The number of benzene rings is 1. The summed E-state index contributed by atoms with van der Waals surface area (Å²) in [6.45, 7) is 9.30. The zero-order chi connectivity index (χ0) is 14.7. The molecular formula is C16H27FN2. The molecule has 0 spiro atoms. The molecule has 19 heavy (non-hydrogen) atoms. The predicted octanol–water partition coefficient (Wildman–Crippen LogP) is 3.21. The van der Waals surface area contributed by atoms with E-state index in [0.717, 1.165) is 18.4 Å². The van der Waals surface area contributed by atoms with E-state index < -0.39 is 0 Å². The van der Waals surface area contributed by atoms with Crippen molar-refractivity contribution in [1.82, 2.24) is 4.90 Å². The third-order valence-electron chi connectivity index (χ3n) is 4.50. The lowest BCUT2D eigenvalue weighted by Gasteiger charge is -2.47. The molecule has 0 aliphatic rings. The lowest BCUT2D eigenvalue weighted by molar-refractivity contribution is 0.0355. The molecule has 0 amide bonds. The van der Waals surface area contributed by atoms with Gasteiger partial charge in [-0.1, -0.05) is 19.1 Å². The van der Waals surface area contributed by atoms with Crippen LogP contribution in [0.1, 0.15) is 39.7 Å². The summed E-state index contributed by atoms with van der Waals surface area (Å²) in [6.07, 6.45) is 1.80. The molecule has 2 nitrogen and oxygen atoms in total. The van der Waals surface area contributed by atoms with Crippen molar-refractivity contribution in [3.8, 4) is 0 Å². The van der Waals surface area contributed by atoms with Crippen LogP contribution in [0.4, 0.5) is 4.39 Å². The molecule has 1 aromatic carbocycles. The lowest BCUT2D eigenvalue weighted by Crippen LogP contribution is -2.59. The van der Waals surface area contributed by atoms with Crippen molar-refractivity contribution in [2.45, 2.75) is 51.6 Å². The Bertz CT molecular complexity index is 417. The Morgan fingerprint density at radius 1 is 1.26 bits per heavy atom. The van der Waals surface area contributed by atoms with Crippen molar-refractivity contribution in [1.29, 1.82) is 0 Å². The fourth-order valence-corrected chi connectivity index (χ4v) is 2.38. The van der Waals surface area contributed by atoms with Gasteiger partial charge in [0.2, 0.25) is 0 Å². The molecule has 0 bridgehead atoms. The monoisotopic (exact) mass is 266 g/mol. The molecule has 0 aliphatic carbocycles. The standard InChI is InChI=1S/C16H27FN2/c1-6-15(2,3)19(5)16(4,12-18)11-13-8-7-9-14(17)10-13/h7-10H,6,11-12,18H2,1-5H3. The maximum absolute atomic E-state index is 13.3. The van der Waals surface area contributed by atoms with Gasteiger partial charge < -0.3 is 5.73 Å². The third kappa shape index (κ3) is 3.77. The van der Waals surface area contributed by atoms with Crippen molar-refractivity contribution >= 4 is 0 Å². The number of halogens is 1. The number of nitrogens with two attached hydrogens (primary N) is 1. The highest BCUT2D eigenvalue weighted by atomic mass is 19.1. The van der Waals surface area contributed by atoms with Gasteiger partial charge in [-0.15, -0.1) is 0 Å². The first kappa shape index (κ1) is 16.1. The first-order chi connectivity index (χ1) is 8.75. The number of hydrogen-bond donors (Lipinski definition) is 1. The molecule has 2 N–H and O–H groups in total. The van der Waals surface area contributed by atoms with Gasteiger partial charge in [0.25, 0.3) is 0 Å². The Morgan fingerprint density at radius 2 is 1.89 bits per heavy atom. The molecule has 0 fully saturated rings. The van der Waals surface area contributed by atoms with Crippen LogP contribution in [0.2, 0.25) is 0 Å². The number of rotatable bonds is 6. The minimum atomic E-state index is -0.186. The molecule has 1 aromatic rings. The van der Waals surface area contributed by atoms with Crippen LogP contribution < -0.4 is 5.73 Å². The Hall–Kier alpha value is -0.930. The second-order valence-corrected chi connectivity index (χ2v) is 6.23. The van der Waals surface area contributed by atoms with E-state index in [1.165, 1.54) is 6.07 Å². The highest BCUT2D eigenvalue weighted by molar-refractivity contribution is 5.19. The van der Waals surface area contributed by atoms with Crippen LogP contribution in [-0.2, 0) is 6.42 Å². The van der Waals surface area contributed by atoms with Gasteiger partial charge >= 0.3 is 0 Å². The summed E-state index contributed by atoms with van der Waals surface area (Å²) in [4.78, 5) is 2.32. The quantitative estimate of drug-likeness (QED) is 0.856. The van der Waals surface area contributed by atoms with Crippen LogP contribution in [0, 0.1) is 5.82 Å². The molecule has 0 heterocycles. The lowest BCUT2D eigenvalue weighted by atomic mass is 9.86. The second-order valence-electron chi connectivity index (χ2n) is 6.23. The maximum atomic E-state index is 13.3. The van der Waals surface area contributed by atoms with E-state index in [-0.39, 0.29) is 16.9 Å². The van der Waals surface area contributed by atoms with Crippen LogP contribution in [0.5, 0.6) is 0 Å². The van der Waals surface area contributed by atoms with E-state index in [1.807, 2.05) is 6.07 Å². The van der Waals surface area contributed by atoms with Gasteiger partial charge in [-0.3, -0.25) is 4.90 Å². The topological polar surface area (TPSA) is 29.3 Å². The highest BCUT2D eigenvalue weighted by Gasteiger charge is 2.36. The number of hydrogen-bond acceptors (Lipinski definition) is 2. The van der Waals surface area contributed by atoms with Crippen LogP contribution in [0.3, 0.4) is 0 Å². The van der Waals surface area contributed by atoms with Crippen molar-refractivity contribution in [3.05, 3.63) is 35.6 Å². The molecule has 0 saturated carbocycles. The van der Waals surface area contributed by atoms with Crippen molar-refractivity contribution in [2.24, 2.45) is 5.73 Å². The summed E-state index contributed by atoms with van der Waals surface area (Å²) >= 11 is 0. The fourth-order valence-electron chi connectivity index (χ4n) is 2.38. The molecule has 0 saturated heterocycles. The van der Waals surface area contributed by atoms with E-state index in [4.69, 9.17) is 5.73 Å². The zero-order valence-corrected chi connectivity index (χ0v) is 12.8. The van der Waals surface area contributed by atoms with Crippen LogP contribution >= 0.6 is 0 Å². The summed E-state index contributed by atoms with van der Waals surface area (Å²) in [7, 11) is 2.11. The number of likely N-dealkylation sites (N-methyl/N-ethyl adjacent to an activating group) is 1. The first-order valence-electron chi connectivity index (χ1n) is 6.93. The SMILES string of the molecule is CCC(C)(C)N(C)C(C)(CN)Cc1cccc(F)c1. The summed E-state index contributed by atoms with van der Waals surface area (Å²) in [6, 6.07) is 6.79. The van der Waals surface area contributed by atoms with E-state index >= 15 is 0 Å². The molecule has 0 radical (unpaired) electrons. The zero-order valence-electron chi connectivity index (χ0n) is 12.8. The van der Waals surface area contributed by atoms with E-state index in [2.05, 4.69) is 39.6 Å². The minimum absolute atomic E-state index is 0.0709. The van der Waals surface area contributed by atoms with Gasteiger partial charge in [0, 0.05) is 17.6 Å². The van der Waals surface area contributed by atoms with E-state index in [9.17, 15) is 4.39 Å². The van der Waals surface area contributed by atoms with Crippen LogP contribution in [-0.4, -0.2) is 29.6 Å². The Kier molecular flexibility index (Phi) is 5.11. The van der Waals surface area contributed by atoms with Crippen molar-refractivity contribution < 1.29 is 4.39 Å². The summed E-state index contributed by atoms with van der Waals surface area (Å²) in [5.74, 6) is -0.186. The van der Waals surface area contributed by atoms with Gasteiger partial charge in [-0.05, 0) is 58.4 Å². The first-order valence-corrected chi connectivity index (χ1v) is 6.93. The second kappa shape index (κ2) is 6.02. The number of nitrogens with zero attached hydrogens (tertiary/aromatic N) is 1. The molecule has 0 aromatic heterocycles. The van der Waals surface area contributed by atoms with Gasteiger partial charge in [0.15, 0.2) is 0 Å². The molecule has 108 valence electrons. The fraction of sp³-hybridized carbons (Fsp3) is 0.625. The normalized spacial score (nSPS) is 15.6. The van der Waals surface area contributed by atoms with Gasteiger partial charge in [-0.25, -0.2) is 4.39 Å². The summed E-state index contributed by atoms with van der Waals surface area (Å²) in [5, 5.41) is 0. The average molecular weight is 266 g/mol. The maximum Gasteiger partial charge on any atom is 0.123 e. The summed E-state index contributed by atoms with van der Waals surface area (Å²) < 4.78 is 13.3. The summed E-state index contributed by atoms with van der Waals surface area (Å²) in [5.41, 5.74) is 6.90. The highest BCUT2D eigenvalue weighted by Crippen LogP contribution is 2.28.